The lowest BCUT2D eigenvalue weighted by molar-refractivity contribution is 0.0214. The SMILES string of the molecule is Cn1c(N2CC3CC2CN3C(=O)OC(C)(C)C)nc(-c2ccncc2)cc1=O. The molecule has 2 aromatic heterocycles. The second-order valence-corrected chi connectivity index (χ2v) is 8.40. The van der Waals surface area contributed by atoms with Crippen molar-refractivity contribution >= 4 is 12.0 Å². The quantitative estimate of drug-likeness (QED) is 0.790. The van der Waals surface area contributed by atoms with Crippen LogP contribution < -0.4 is 10.5 Å². The van der Waals surface area contributed by atoms with Crippen LogP contribution in [-0.4, -0.2) is 56.3 Å². The number of carbonyl (C=O) groups excluding carboxylic acids is 1. The minimum atomic E-state index is -0.511. The predicted octanol–water partition coefficient (Wildman–Crippen LogP) is 2.04. The molecule has 2 bridgehead atoms. The number of rotatable bonds is 2. The van der Waals surface area contributed by atoms with Crippen molar-refractivity contribution in [3.63, 3.8) is 0 Å². The van der Waals surface area contributed by atoms with E-state index in [0.717, 1.165) is 12.0 Å². The van der Waals surface area contributed by atoms with E-state index in [0.29, 0.717) is 24.7 Å². The first-order valence-electron chi connectivity index (χ1n) is 9.47. The van der Waals surface area contributed by atoms with Crippen molar-refractivity contribution in [3.8, 4) is 11.3 Å². The second kappa shape index (κ2) is 6.61. The smallest absolute Gasteiger partial charge is 0.410 e. The number of aromatic nitrogens is 3. The summed E-state index contributed by atoms with van der Waals surface area (Å²) in [5.74, 6) is 0.635. The van der Waals surface area contributed by atoms with E-state index >= 15 is 0 Å². The molecule has 0 N–H and O–H groups in total. The molecule has 2 fully saturated rings. The fraction of sp³-hybridized carbons (Fsp3) is 0.500. The summed E-state index contributed by atoms with van der Waals surface area (Å²) in [6.07, 6.45) is 3.95. The summed E-state index contributed by atoms with van der Waals surface area (Å²) in [5.41, 5.74) is 0.868. The van der Waals surface area contributed by atoms with Crippen molar-refractivity contribution in [2.75, 3.05) is 18.0 Å². The molecular formula is C20H25N5O3. The van der Waals surface area contributed by atoms with Gasteiger partial charge in [0.25, 0.3) is 5.56 Å². The Morgan fingerprint density at radius 3 is 2.50 bits per heavy atom. The molecule has 8 heteroatoms. The van der Waals surface area contributed by atoms with E-state index in [9.17, 15) is 9.59 Å². The molecule has 4 heterocycles. The zero-order valence-electron chi connectivity index (χ0n) is 16.6. The summed E-state index contributed by atoms with van der Waals surface area (Å²) in [5, 5.41) is 0. The van der Waals surface area contributed by atoms with Gasteiger partial charge in [-0.1, -0.05) is 0 Å². The number of pyridine rings is 1. The topological polar surface area (TPSA) is 80.6 Å². The molecule has 2 aromatic rings. The molecule has 2 aliphatic heterocycles. The van der Waals surface area contributed by atoms with E-state index in [1.165, 1.54) is 0 Å². The lowest BCUT2D eigenvalue weighted by atomic mass is 10.2. The monoisotopic (exact) mass is 383 g/mol. The van der Waals surface area contributed by atoms with Crippen LogP contribution in [-0.2, 0) is 11.8 Å². The van der Waals surface area contributed by atoms with Gasteiger partial charge in [-0.3, -0.25) is 14.3 Å². The van der Waals surface area contributed by atoms with Crippen molar-refractivity contribution in [2.24, 2.45) is 7.05 Å². The first-order valence-corrected chi connectivity index (χ1v) is 9.47. The molecule has 8 nitrogen and oxygen atoms in total. The second-order valence-electron chi connectivity index (χ2n) is 8.40. The first-order chi connectivity index (χ1) is 13.2. The van der Waals surface area contributed by atoms with E-state index in [1.807, 2.05) is 32.9 Å². The molecule has 0 aromatic carbocycles. The van der Waals surface area contributed by atoms with Crippen LogP contribution in [0.15, 0.2) is 35.4 Å². The van der Waals surface area contributed by atoms with Crippen LogP contribution in [0.3, 0.4) is 0 Å². The van der Waals surface area contributed by atoms with Crippen LogP contribution in [0, 0.1) is 0 Å². The number of likely N-dealkylation sites (tertiary alicyclic amines) is 1. The molecule has 0 radical (unpaired) electrons. The number of hydrogen-bond acceptors (Lipinski definition) is 6. The van der Waals surface area contributed by atoms with Crippen LogP contribution in [0.4, 0.5) is 10.7 Å². The third-order valence-corrected chi connectivity index (χ3v) is 5.21. The third-order valence-electron chi connectivity index (χ3n) is 5.21. The molecule has 0 spiro atoms. The third kappa shape index (κ3) is 3.34. The molecule has 2 aliphatic rings. The number of hydrogen-bond donors (Lipinski definition) is 0. The fourth-order valence-electron chi connectivity index (χ4n) is 3.91. The summed E-state index contributed by atoms with van der Waals surface area (Å²) in [4.78, 5) is 37.7. The molecule has 4 rings (SSSR count). The molecule has 2 atom stereocenters. The van der Waals surface area contributed by atoms with Crippen molar-refractivity contribution in [3.05, 3.63) is 40.9 Å². The summed E-state index contributed by atoms with van der Waals surface area (Å²) in [7, 11) is 1.73. The van der Waals surface area contributed by atoms with Crippen LogP contribution in [0.25, 0.3) is 11.3 Å². The normalized spacial score (nSPS) is 21.3. The van der Waals surface area contributed by atoms with Crippen LogP contribution in [0.2, 0.25) is 0 Å². The van der Waals surface area contributed by atoms with Gasteiger partial charge in [-0.15, -0.1) is 0 Å². The Kier molecular flexibility index (Phi) is 4.36. The summed E-state index contributed by atoms with van der Waals surface area (Å²) in [6.45, 7) is 6.83. The molecule has 148 valence electrons. The van der Waals surface area contributed by atoms with Gasteiger partial charge < -0.3 is 14.5 Å². The Morgan fingerprint density at radius 1 is 1.18 bits per heavy atom. The van der Waals surface area contributed by atoms with Crippen LogP contribution in [0.1, 0.15) is 27.2 Å². The highest BCUT2D eigenvalue weighted by Crippen LogP contribution is 2.34. The number of piperazine rings is 1. The van der Waals surface area contributed by atoms with E-state index < -0.39 is 5.60 Å². The minimum absolute atomic E-state index is 0.0707. The summed E-state index contributed by atoms with van der Waals surface area (Å²) >= 11 is 0. The fourth-order valence-corrected chi connectivity index (χ4v) is 3.91. The molecular weight excluding hydrogens is 358 g/mol. The van der Waals surface area contributed by atoms with Gasteiger partial charge in [-0.2, -0.15) is 0 Å². The van der Waals surface area contributed by atoms with Gasteiger partial charge in [0.05, 0.1) is 17.8 Å². The zero-order chi connectivity index (χ0) is 20.1. The highest BCUT2D eigenvalue weighted by Gasteiger charge is 2.47. The number of amides is 1. The lowest BCUT2D eigenvalue weighted by Crippen LogP contribution is -2.51. The molecule has 2 saturated heterocycles. The highest BCUT2D eigenvalue weighted by atomic mass is 16.6. The molecule has 28 heavy (non-hydrogen) atoms. The van der Waals surface area contributed by atoms with Crippen molar-refractivity contribution in [2.45, 2.75) is 44.9 Å². The Morgan fingerprint density at radius 2 is 1.89 bits per heavy atom. The van der Waals surface area contributed by atoms with E-state index in [1.54, 1.807) is 35.0 Å². The van der Waals surface area contributed by atoms with Gasteiger partial charge in [0.2, 0.25) is 5.95 Å². The largest absolute Gasteiger partial charge is 0.444 e. The van der Waals surface area contributed by atoms with Crippen LogP contribution in [0.5, 0.6) is 0 Å². The standard InChI is InChI=1S/C20H25N5O3/c1-20(2,3)28-19(27)25-12-14-9-15(25)11-24(14)18-22-16(10-17(26)23(18)4)13-5-7-21-8-6-13/h5-8,10,14-15H,9,11-12H2,1-4H3. The predicted molar refractivity (Wildman–Crippen MR) is 105 cm³/mol. The number of nitrogens with zero attached hydrogens (tertiary/aromatic N) is 5. The summed E-state index contributed by atoms with van der Waals surface area (Å²) < 4.78 is 7.10. The first kappa shape index (κ1) is 18.5. The Balaban J connectivity index is 1.58. The summed E-state index contributed by atoms with van der Waals surface area (Å²) in [6, 6.07) is 5.42. The number of anilines is 1. The van der Waals surface area contributed by atoms with Crippen LogP contribution >= 0.6 is 0 Å². The van der Waals surface area contributed by atoms with Crippen molar-refractivity contribution in [1.82, 2.24) is 19.4 Å². The lowest BCUT2D eigenvalue weighted by Gasteiger charge is -2.36. The van der Waals surface area contributed by atoms with Gasteiger partial charge >= 0.3 is 6.09 Å². The Labute approximate surface area is 163 Å². The van der Waals surface area contributed by atoms with Gasteiger partial charge in [0.1, 0.15) is 5.60 Å². The van der Waals surface area contributed by atoms with Gasteiger partial charge in [-0.05, 0) is 39.3 Å². The maximum absolute atomic E-state index is 12.5. The minimum Gasteiger partial charge on any atom is -0.444 e. The molecule has 2 unspecified atom stereocenters. The Hall–Kier alpha value is -2.90. The average molecular weight is 383 g/mol. The number of ether oxygens (including phenoxy) is 1. The maximum atomic E-state index is 12.5. The van der Waals surface area contributed by atoms with E-state index in [2.05, 4.69) is 9.88 Å². The number of fused-ring (bicyclic) bond motifs is 2. The maximum Gasteiger partial charge on any atom is 0.410 e. The average Bonchev–Trinajstić information content (AvgIpc) is 3.24. The molecule has 0 aliphatic carbocycles. The Bertz CT molecular complexity index is 951. The van der Waals surface area contributed by atoms with Gasteiger partial charge in [0.15, 0.2) is 0 Å². The van der Waals surface area contributed by atoms with Crippen molar-refractivity contribution < 1.29 is 9.53 Å². The van der Waals surface area contributed by atoms with E-state index in [4.69, 9.17) is 9.72 Å². The van der Waals surface area contributed by atoms with E-state index in [-0.39, 0.29) is 23.7 Å². The molecule has 1 amide bonds. The van der Waals surface area contributed by atoms with Gasteiger partial charge in [-0.25, -0.2) is 9.78 Å². The number of carbonyl (C=O) groups is 1. The zero-order valence-corrected chi connectivity index (χ0v) is 16.6. The highest BCUT2D eigenvalue weighted by molar-refractivity contribution is 5.70. The molecule has 0 saturated carbocycles. The van der Waals surface area contributed by atoms with Crippen molar-refractivity contribution in [1.29, 1.82) is 0 Å². The van der Waals surface area contributed by atoms with Gasteiger partial charge in [0, 0.05) is 44.2 Å².